The fourth-order valence-electron chi connectivity index (χ4n) is 2.90. The van der Waals surface area contributed by atoms with Crippen LogP contribution in [0.3, 0.4) is 0 Å². The standard InChI is InChI=1S/C15H24N6O/c1-2-12-8-14(21-15(19-12)17-11-18-21)16-9-13(22)10-20-6-4-3-5-7-20/h8,11,13,16,22H,2-7,9-10H2,1H3/t13-/m0/s1. The topological polar surface area (TPSA) is 78.6 Å². The quantitative estimate of drug-likeness (QED) is 0.827. The van der Waals surface area contributed by atoms with Gasteiger partial charge in [-0.2, -0.15) is 14.6 Å². The molecule has 1 atom stereocenters. The lowest BCUT2D eigenvalue weighted by atomic mass is 10.1. The molecule has 2 aromatic heterocycles. The first-order chi connectivity index (χ1) is 10.8. The van der Waals surface area contributed by atoms with E-state index in [9.17, 15) is 5.11 Å². The molecule has 0 unspecified atom stereocenters. The van der Waals surface area contributed by atoms with Gasteiger partial charge in [0, 0.05) is 24.8 Å². The van der Waals surface area contributed by atoms with E-state index in [0.29, 0.717) is 12.3 Å². The van der Waals surface area contributed by atoms with E-state index in [-0.39, 0.29) is 0 Å². The molecule has 0 aromatic carbocycles. The lowest BCUT2D eigenvalue weighted by Gasteiger charge is -2.28. The normalized spacial score (nSPS) is 17.7. The van der Waals surface area contributed by atoms with Crippen LogP contribution in [0, 0.1) is 0 Å². The van der Waals surface area contributed by atoms with Crippen molar-refractivity contribution < 1.29 is 5.11 Å². The van der Waals surface area contributed by atoms with Crippen LogP contribution in [0.15, 0.2) is 12.4 Å². The smallest absolute Gasteiger partial charge is 0.254 e. The van der Waals surface area contributed by atoms with Crippen LogP contribution in [0.25, 0.3) is 5.78 Å². The number of aromatic nitrogens is 4. The number of fused-ring (bicyclic) bond motifs is 1. The molecule has 1 aliphatic heterocycles. The summed E-state index contributed by atoms with van der Waals surface area (Å²) in [5, 5.41) is 17.7. The Morgan fingerprint density at radius 2 is 2.14 bits per heavy atom. The molecule has 0 radical (unpaired) electrons. The number of piperidine rings is 1. The van der Waals surface area contributed by atoms with Gasteiger partial charge >= 0.3 is 0 Å². The minimum atomic E-state index is -0.394. The lowest BCUT2D eigenvalue weighted by Crippen LogP contribution is -2.39. The molecule has 0 spiro atoms. The summed E-state index contributed by atoms with van der Waals surface area (Å²) in [4.78, 5) is 10.9. The molecule has 7 nitrogen and oxygen atoms in total. The van der Waals surface area contributed by atoms with Gasteiger partial charge in [-0.15, -0.1) is 0 Å². The van der Waals surface area contributed by atoms with E-state index in [4.69, 9.17) is 0 Å². The third kappa shape index (κ3) is 3.53. The van der Waals surface area contributed by atoms with Gasteiger partial charge in [-0.25, -0.2) is 4.98 Å². The summed E-state index contributed by atoms with van der Waals surface area (Å²) in [7, 11) is 0. The summed E-state index contributed by atoms with van der Waals surface area (Å²) in [6, 6.07) is 1.97. The first-order valence-electron chi connectivity index (χ1n) is 8.10. The maximum Gasteiger partial charge on any atom is 0.254 e. The number of aliphatic hydroxyl groups excluding tert-OH is 1. The van der Waals surface area contributed by atoms with E-state index in [1.54, 1.807) is 4.52 Å². The Morgan fingerprint density at radius 3 is 2.91 bits per heavy atom. The summed E-state index contributed by atoms with van der Waals surface area (Å²) in [6.07, 6.45) is 5.74. The summed E-state index contributed by atoms with van der Waals surface area (Å²) in [5.41, 5.74) is 0.966. The fourth-order valence-corrected chi connectivity index (χ4v) is 2.90. The molecule has 1 saturated heterocycles. The monoisotopic (exact) mass is 304 g/mol. The molecule has 0 aliphatic carbocycles. The Balaban J connectivity index is 1.61. The zero-order valence-corrected chi connectivity index (χ0v) is 13.1. The highest BCUT2D eigenvalue weighted by Gasteiger charge is 2.15. The highest BCUT2D eigenvalue weighted by atomic mass is 16.3. The molecule has 2 N–H and O–H groups in total. The number of aryl methyl sites for hydroxylation is 1. The molecule has 120 valence electrons. The number of hydrogen-bond acceptors (Lipinski definition) is 6. The molecule has 1 aliphatic rings. The molecular weight excluding hydrogens is 280 g/mol. The van der Waals surface area contributed by atoms with Crippen molar-refractivity contribution in [2.45, 2.75) is 38.7 Å². The number of hydrogen-bond donors (Lipinski definition) is 2. The molecule has 7 heteroatoms. The number of likely N-dealkylation sites (tertiary alicyclic amines) is 1. The van der Waals surface area contributed by atoms with E-state index in [1.807, 2.05) is 6.07 Å². The van der Waals surface area contributed by atoms with E-state index in [0.717, 1.165) is 37.6 Å². The third-order valence-corrected chi connectivity index (χ3v) is 4.10. The Bertz CT molecular complexity index is 607. The van der Waals surface area contributed by atoms with Crippen molar-refractivity contribution in [1.82, 2.24) is 24.5 Å². The average Bonchev–Trinajstić information content (AvgIpc) is 3.02. The van der Waals surface area contributed by atoms with Crippen LogP contribution in [-0.4, -0.2) is 61.9 Å². The molecule has 0 saturated carbocycles. The lowest BCUT2D eigenvalue weighted by molar-refractivity contribution is 0.109. The van der Waals surface area contributed by atoms with Crippen LogP contribution in [-0.2, 0) is 6.42 Å². The molecule has 1 fully saturated rings. The van der Waals surface area contributed by atoms with Gasteiger partial charge in [-0.05, 0) is 32.4 Å². The molecule has 0 amide bonds. The number of nitrogens with zero attached hydrogens (tertiary/aromatic N) is 5. The SMILES string of the molecule is CCc1cc(NC[C@H](O)CN2CCCCC2)n2ncnc2n1. The molecule has 2 aromatic rings. The van der Waals surface area contributed by atoms with Crippen LogP contribution in [0.1, 0.15) is 31.9 Å². The van der Waals surface area contributed by atoms with Gasteiger partial charge in [0.1, 0.15) is 12.1 Å². The maximum atomic E-state index is 10.2. The second-order valence-corrected chi connectivity index (χ2v) is 5.85. The largest absolute Gasteiger partial charge is 0.390 e. The minimum Gasteiger partial charge on any atom is -0.390 e. The Hall–Kier alpha value is -1.73. The first-order valence-corrected chi connectivity index (χ1v) is 8.10. The number of aliphatic hydroxyl groups is 1. The minimum absolute atomic E-state index is 0.394. The van der Waals surface area contributed by atoms with Crippen molar-refractivity contribution in [2.24, 2.45) is 0 Å². The van der Waals surface area contributed by atoms with Crippen LogP contribution in [0.5, 0.6) is 0 Å². The van der Waals surface area contributed by atoms with Gasteiger partial charge in [-0.3, -0.25) is 0 Å². The Morgan fingerprint density at radius 1 is 1.32 bits per heavy atom. The molecule has 22 heavy (non-hydrogen) atoms. The van der Waals surface area contributed by atoms with Crippen molar-refractivity contribution in [3.05, 3.63) is 18.1 Å². The van der Waals surface area contributed by atoms with Crippen molar-refractivity contribution >= 4 is 11.6 Å². The van der Waals surface area contributed by atoms with E-state index < -0.39 is 6.10 Å². The number of β-amino-alcohol motifs (C(OH)–C–C–N with tert-alkyl or cyclic N) is 1. The van der Waals surface area contributed by atoms with Gasteiger partial charge in [0.25, 0.3) is 5.78 Å². The summed E-state index contributed by atoms with van der Waals surface area (Å²) >= 11 is 0. The highest BCUT2D eigenvalue weighted by Crippen LogP contribution is 2.12. The predicted octanol–water partition coefficient (Wildman–Crippen LogP) is 0.945. The second-order valence-electron chi connectivity index (χ2n) is 5.85. The number of anilines is 1. The van der Waals surface area contributed by atoms with E-state index in [2.05, 4.69) is 32.2 Å². The zero-order chi connectivity index (χ0) is 15.4. The van der Waals surface area contributed by atoms with Crippen LogP contribution in [0.2, 0.25) is 0 Å². The van der Waals surface area contributed by atoms with E-state index >= 15 is 0 Å². The maximum absolute atomic E-state index is 10.2. The molecular formula is C15H24N6O. The van der Waals surface area contributed by atoms with Gasteiger partial charge in [-0.1, -0.05) is 13.3 Å². The van der Waals surface area contributed by atoms with Crippen molar-refractivity contribution in [3.8, 4) is 0 Å². The van der Waals surface area contributed by atoms with Crippen LogP contribution in [0.4, 0.5) is 5.82 Å². The Labute approximate surface area is 130 Å². The van der Waals surface area contributed by atoms with Gasteiger partial charge < -0.3 is 15.3 Å². The number of nitrogens with one attached hydrogen (secondary N) is 1. The van der Waals surface area contributed by atoms with Gasteiger partial charge in [0.15, 0.2) is 0 Å². The first kappa shape index (κ1) is 15.2. The van der Waals surface area contributed by atoms with Crippen LogP contribution >= 0.6 is 0 Å². The molecule has 0 bridgehead atoms. The van der Waals surface area contributed by atoms with Crippen molar-refractivity contribution in [1.29, 1.82) is 0 Å². The third-order valence-electron chi connectivity index (χ3n) is 4.10. The van der Waals surface area contributed by atoms with E-state index in [1.165, 1.54) is 25.6 Å². The second kappa shape index (κ2) is 7.02. The van der Waals surface area contributed by atoms with Gasteiger partial charge in [0.05, 0.1) is 6.10 Å². The molecule has 3 heterocycles. The summed E-state index contributed by atoms with van der Waals surface area (Å²) < 4.78 is 1.67. The summed E-state index contributed by atoms with van der Waals surface area (Å²) in [6.45, 7) is 5.47. The fraction of sp³-hybridized carbons (Fsp3) is 0.667. The van der Waals surface area contributed by atoms with Crippen molar-refractivity contribution in [3.63, 3.8) is 0 Å². The summed E-state index contributed by atoms with van der Waals surface area (Å²) in [5.74, 6) is 1.42. The van der Waals surface area contributed by atoms with Crippen molar-refractivity contribution in [2.75, 3.05) is 31.5 Å². The van der Waals surface area contributed by atoms with Gasteiger partial charge in [0.2, 0.25) is 0 Å². The predicted molar refractivity (Wildman–Crippen MR) is 84.9 cm³/mol. The highest BCUT2D eigenvalue weighted by molar-refractivity contribution is 5.45. The molecule has 3 rings (SSSR count). The van der Waals surface area contributed by atoms with Crippen LogP contribution < -0.4 is 5.32 Å². The Kier molecular flexibility index (Phi) is 4.84. The zero-order valence-electron chi connectivity index (χ0n) is 13.1. The number of rotatable bonds is 6. The average molecular weight is 304 g/mol.